The Morgan fingerprint density at radius 3 is 2.38 bits per heavy atom. The number of benzene rings is 1. The maximum Gasteiger partial charge on any atom is 0.307 e. The second kappa shape index (κ2) is 16.1. The number of aromatic nitrogens is 1. The molecule has 220 valence electrons. The van der Waals surface area contributed by atoms with Crippen LogP contribution in [0.3, 0.4) is 0 Å². The van der Waals surface area contributed by atoms with Crippen LogP contribution in [0.2, 0.25) is 0 Å². The van der Waals surface area contributed by atoms with Gasteiger partial charge in [-0.15, -0.1) is 11.3 Å². The minimum Gasteiger partial charge on any atom is -0.481 e. The largest absolute Gasteiger partial charge is 0.481 e. The Morgan fingerprint density at radius 2 is 1.80 bits per heavy atom. The van der Waals surface area contributed by atoms with Gasteiger partial charge in [-0.2, -0.15) is 0 Å². The second-order valence-corrected chi connectivity index (χ2v) is 11.3. The Morgan fingerprint density at radius 1 is 1.12 bits per heavy atom. The smallest absolute Gasteiger partial charge is 0.307 e. The van der Waals surface area contributed by atoms with E-state index in [1.807, 2.05) is 51.1 Å². The van der Waals surface area contributed by atoms with Crippen molar-refractivity contribution in [3.8, 4) is 0 Å². The lowest BCUT2D eigenvalue weighted by atomic mass is 9.96. The third kappa shape index (κ3) is 10.3. The molecule has 10 nitrogen and oxygen atoms in total. The number of hydrazine groups is 1. The van der Waals surface area contributed by atoms with Crippen molar-refractivity contribution in [2.45, 2.75) is 79.0 Å². The number of hydrogen-bond donors (Lipinski definition) is 2. The molecule has 0 fully saturated rings. The topological polar surface area (TPSA) is 129 Å². The Bertz CT molecular complexity index is 1120. The molecule has 0 aliphatic heterocycles. The molecular formula is C29H42N4O6S. The number of carbonyl (C=O) groups excluding carboxylic acids is 3. The summed E-state index contributed by atoms with van der Waals surface area (Å²) >= 11 is 1.20. The van der Waals surface area contributed by atoms with Gasteiger partial charge in [0.25, 0.3) is 5.91 Å². The molecule has 2 aromatic rings. The number of aliphatic carboxylic acids is 1. The minimum atomic E-state index is -0.967. The molecule has 0 aliphatic rings. The standard InChI is InChI=1S/C29H42N4O6S/c1-7-8-14-26(35)32(6)24(19(2)3)15-25(39-21(5)34)28-30-23(18-40-28)27(36)31-33(16-20(4)29(37)38)17-22-12-10-9-11-13-22/h9-13,18-20,24-25H,7-8,14-17H2,1-6H3,(H,31,36)(H,37,38). The number of nitrogens with one attached hydrogen (secondary N) is 1. The highest BCUT2D eigenvalue weighted by atomic mass is 32.1. The lowest BCUT2D eigenvalue weighted by Gasteiger charge is -2.33. The van der Waals surface area contributed by atoms with Crippen LogP contribution in [0.5, 0.6) is 0 Å². The van der Waals surface area contributed by atoms with Gasteiger partial charge in [-0.25, -0.2) is 9.99 Å². The highest BCUT2D eigenvalue weighted by Crippen LogP contribution is 2.30. The predicted octanol–water partition coefficient (Wildman–Crippen LogP) is 4.68. The highest BCUT2D eigenvalue weighted by molar-refractivity contribution is 7.09. The molecule has 0 radical (unpaired) electrons. The monoisotopic (exact) mass is 574 g/mol. The van der Waals surface area contributed by atoms with E-state index < -0.39 is 29.9 Å². The number of carboxylic acid groups (broad SMARTS) is 1. The molecule has 40 heavy (non-hydrogen) atoms. The molecule has 0 bridgehead atoms. The van der Waals surface area contributed by atoms with Crippen LogP contribution in [0.1, 0.15) is 87.5 Å². The third-order valence-corrected chi connectivity index (χ3v) is 7.53. The maximum atomic E-state index is 13.2. The first kappa shape index (κ1) is 32.9. The second-order valence-electron chi connectivity index (χ2n) is 10.4. The van der Waals surface area contributed by atoms with Gasteiger partial charge in [0.15, 0.2) is 6.10 Å². The van der Waals surface area contributed by atoms with Gasteiger partial charge < -0.3 is 14.7 Å². The quantitative estimate of drug-likeness (QED) is 0.218. The summed E-state index contributed by atoms with van der Waals surface area (Å²) in [5.74, 6) is -2.52. The van der Waals surface area contributed by atoms with E-state index in [-0.39, 0.29) is 30.1 Å². The van der Waals surface area contributed by atoms with Crippen LogP contribution in [0.15, 0.2) is 35.7 Å². The van der Waals surface area contributed by atoms with Crippen molar-refractivity contribution in [2.75, 3.05) is 13.6 Å². The van der Waals surface area contributed by atoms with Crippen LogP contribution in [0.25, 0.3) is 0 Å². The number of rotatable bonds is 16. The SMILES string of the molecule is CCCCC(=O)N(C)C(CC(OC(C)=O)c1nc(C(=O)NN(Cc2ccccc2)CC(C)C(=O)O)cs1)C(C)C. The zero-order valence-electron chi connectivity index (χ0n) is 24.3. The molecule has 0 spiro atoms. The number of thiazole rings is 1. The zero-order chi connectivity index (χ0) is 29.8. The normalized spacial score (nSPS) is 13.5. The average molecular weight is 575 g/mol. The van der Waals surface area contributed by atoms with E-state index in [9.17, 15) is 24.3 Å². The number of carbonyl (C=O) groups is 4. The van der Waals surface area contributed by atoms with E-state index in [1.54, 1.807) is 29.3 Å². The molecule has 1 aromatic carbocycles. The Balaban J connectivity index is 2.23. The molecule has 11 heteroatoms. The predicted molar refractivity (Wildman–Crippen MR) is 153 cm³/mol. The van der Waals surface area contributed by atoms with Crippen LogP contribution in [0, 0.1) is 11.8 Å². The molecule has 3 unspecified atom stereocenters. The molecule has 2 rings (SSSR count). The third-order valence-electron chi connectivity index (χ3n) is 6.59. The molecule has 1 aromatic heterocycles. The summed E-state index contributed by atoms with van der Waals surface area (Å²) in [5.41, 5.74) is 3.83. The van der Waals surface area contributed by atoms with Crippen molar-refractivity contribution >= 4 is 35.1 Å². The summed E-state index contributed by atoms with van der Waals surface area (Å²) in [6, 6.07) is 9.21. The molecule has 0 saturated heterocycles. The summed E-state index contributed by atoms with van der Waals surface area (Å²) in [4.78, 5) is 55.6. The van der Waals surface area contributed by atoms with Crippen LogP contribution < -0.4 is 5.43 Å². The summed E-state index contributed by atoms with van der Waals surface area (Å²) in [6.45, 7) is 9.36. The van der Waals surface area contributed by atoms with E-state index in [0.29, 0.717) is 24.4 Å². The lowest BCUT2D eigenvalue weighted by Crippen LogP contribution is -2.45. The first-order valence-corrected chi connectivity index (χ1v) is 14.5. The minimum absolute atomic E-state index is 0.0374. The zero-order valence-corrected chi connectivity index (χ0v) is 25.1. The molecule has 0 aliphatic carbocycles. The summed E-state index contributed by atoms with van der Waals surface area (Å²) in [7, 11) is 1.77. The maximum absolute atomic E-state index is 13.2. The van der Waals surface area contributed by atoms with Crippen LogP contribution in [-0.2, 0) is 25.7 Å². The van der Waals surface area contributed by atoms with Crippen molar-refractivity contribution in [3.05, 3.63) is 52.0 Å². The summed E-state index contributed by atoms with van der Waals surface area (Å²) in [5, 5.41) is 13.0. The van der Waals surface area contributed by atoms with E-state index in [1.165, 1.54) is 18.3 Å². The van der Waals surface area contributed by atoms with Gasteiger partial charge in [0, 0.05) is 51.3 Å². The van der Waals surface area contributed by atoms with Gasteiger partial charge >= 0.3 is 11.9 Å². The number of hydrogen-bond acceptors (Lipinski definition) is 8. The van der Waals surface area contributed by atoms with Crippen molar-refractivity contribution < 1.29 is 29.0 Å². The van der Waals surface area contributed by atoms with E-state index in [0.717, 1.165) is 18.4 Å². The van der Waals surface area contributed by atoms with Crippen molar-refractivity contribution in [1.29, 1.82) is 0 Å². The van der Waals surface area contributed by atoms with Crippen LogP contribution in [-0.4, -0.2) is 63.4 Å². The highest BCUT2D eigenvalue weighted by Gasteiger charge is 2.31. The Kier molecular flexibility index (Phi) is 13.2. The molecule has 1 heterocycles. The Labute approximate surface area is 240 Å². The summed E-state index contributed by atoms with van der Waals surface area (Å²) in [6.07, 6.45) is 1.79. The molecule has 2 N–H and O–H groups in total. The summed E-state index contributed by atoms with van der Waals surface area (Å²) < 4.78 is 5.62. The fraction of sp³-hybridized carbons (Fsp3) is 0.552. The lowest BCUT2D eigenvalue weighted by molar-refractivity contribution is -0.148. The van der Waals surface area contributed by atoms with E-state index in [4.69, 9.17) is 4.74 Å². The number of unbranched alkanes of at least 4 members (excludes halogenated alkanes) is 1. The van der Waals surface area contributed by atoms with Gasteiger partial charge in [0.05, 0.1) is 5.92 Å². The van der Waals surface area contributed by atoms with E-state index in [2.05, 4.69) is 10.4 Å². The number of esters is 1. The first-order chi connectivity index (χ1) is 18.9. The van der Waals surface area contributed by atoms with E-state index >= 15 is 0 Å². The van der Waals surface area contributed by atoms with Crippen molar-refractivity contribution in [1.82, 2.24) is 20.3 Å². The van der Waals surface area contributed by atoms with Crippen LogP contribution >= 0.6 is 11.3 Å². The number of amides is 2. The Hall–Kier alpha value is -3.31. The van der Waals surface area contributed by atoms with Gasteiger partial charge in [-0.1, -0.05) is 64.4 Å². The first-order valence-electron chi connectivity index (χ1n) is 13.6. The fourth-order valence-electron chi connectivity index (χ4n) is 4.29. The van der Waals surface area contributed by atoms with Crippen LogP contribution in [0.4, 0.5) is 0 Å². The number of ether oxygens (including phenoxy) is 1. The van der Waals surface area contributed by atoms with Gasteiger partial charge in [-0.3, -0.25) is 24.6 Å². The van der Waals surface area contributed by atoms with Crippen molar-refractivity contribution in [3.63, 3.8) is 0 Å². The van der Waals surface area contributed by atoms with Gasteiger partial charge in [0.2, 0.25) is 5.91 Å². The molecular weight excluding hydrogens is 532 g/mol. The molecule has 0 saturated carbocycles. The van der Waals surface area contributed by atoms with Crippen molar-refractivity contribution in [2.24, 2.45) is 11.8 Å². The number of nitrogens with zero attached hydrogens (tertiary/aromatic N) is 3. The number of carboxylic acids is 1. The molecule has 3 atom stereocenters. The average Bonchev–Trinajstić information content (AvgIpc) is 3.40. The fourth-order valence-corrected chi connectivity index (χ4v) is 5.13. The van der Waals surface area contributed by atoms with Gasteiger partial charge in [-0.05, 0) is 17.9 Å². The molecule has 2 amide bonds. The van der Waals surface area contributed by atoms with Gasteiger partial charge in [0.1, 0.15) is 10.7 Å².